The summed E-state index contributed by atoms with van der Waals surface area (Å²) in [5.41, 5.74) is 0.637. The van der Waals surface area contributed by atoms with E-state index in [0.29, 0.717) is 48.8 Å². The first-order valence-electron chi connectivity index (χ1n) is 11.4. The molecule has 0 aliphatic heterocycles. The molecule has 0 unspecified atom stereocenters. The third kappa shape index (κ3) is 4.49. The highest BCUT2D eigenvalue weighted by atomic mass is 79.9. The number of halogens is 3. The lowest BCUT2D eigenvalue weighted by atomic mass is 9.92. The molecule has 0 saturated heterocycles. The molecule has 184 valence electrons. The Bertz CT molecular complexity index is 1320. The van der Waals surface area contributed by atoms with Crippen LogP contribution in [0.15, 0.2) is 32.3 Å². The molecule has 1 aliphatic carbocycles. The average molecular weight is 540 g/mol. The van der Waals surface area contributed by atoms with Gasteiger partial charge in [-0.1, -0.05) is 6.07 Å². The molecular weight excluding hydrogens is 512 g/mol. The maximum absolute atomic E-state index is 13.7. The fourth-order valence-corrected chi connectivity index (χ4v) is 5.06. The molecule has 3 aromatic rings. The molecular formula is C23H28BrF2N5O3. The Kier molecular flexibility index (Phi) is 6.84. The van der Waals surface area contributed by atoms with E-state index in [1.54, 1.807) is 18.6 Å². The molecule has 1 N–H and O–H groups in total. The molecule has 1 aromatic carbocycles. The minimum absolute atomic E-state index is 0.196. The van der Waals surface area contributed by atoms with Gasteiger partial charge in [-0.3, -0.25) is 18.5 Å². The van der Waals surface area contributed by atoms with E-state index in [1.165, 1.54) is 9.13 Å². The van der Waals surface area contributed by atoms with E-state index in [-0.39, 0.29) is 25.4 Å². The SMILES string of the molecule is CCn1c(=O)c2c(nc(NC3CCC(F)(F)CC3)n2Cc2ccc(OC)c(Br)c2)n(CC)c1=O. The van der Waals surface area contributed by atoms with E-state index < -0.39 is 17.2 Å². The summed E-state index contributed by atoms with van der Waals surface area (Å²) in [6.45, 7) is 4.44. The van der Waals surface area contributed by atoms with E-state index in [4.69, 9.17) is 4.74 Å². The Morgan fingerprint density at radius 1 is 1.15 bits per heavy atom. The van der Waals surface area contributed by atoms with Crippen LogP contribution in [0.2, 0.25) is 0 Å². The van der Waals surface area contributed by atoms with E-state index in [1.807, 2.05) is 25.1 Å². The molecule has 34 heavy (non-hydrogen) atoms. The number of rotatable bonds is 7. The maximum Gasteiger partial charge on any atom is 0.332 e. The minimum Gasteiger partial charge on any atom is -0.496 e. The first-order chi connectivity index (χ1) is 16.2. The summed E-state index contributed by atoms with van der Waals surface area (Å²) in [7, 11) is 1.58. The van der Waals surface area contributed by atoms with Gasteiger partial charge >= 0.3 is 5.69 Å². The van der Waals surface area contributed by atoms with E-state index >= 15 is 0 Å². The molecule has 0 radical (unpaired) electrons. The van der Waals surface area contributed by atoms with E-state index in [9.17, 15) is 18.4 Å². The molecule has 0 atom stereocenters. The lowest BCUT2D eigenvalue weighted by Crippen LogP contribution is -2.40. The second kappa shape index (κ2) is 9.52. The normalized spacial score (nSPS) is 16.2. The highest BCUT2D eigenvalue weighted by Gasteiger charge is 2.35. The van der Waals surface area contributed by atoms with Gasteiger partial charge in [-0.15, -0.1) is 0 Å². The van der Waals surface area contributed by atoms with Crippen LogP contribution in [0.25, 0.3) is 11.2 Å². The lowest BCUT2D eigenvalue weighted by molar-refractivity contribution is -0.0361. The van der Waals surface area contributed by atoms with Crippen LogP contribution in [0.3, 0.4) is 0 Å². The number of hydrogen-bond acceptors (Lipinski definition) is 5. The number of imidazole rings is 1. The quantitative estimate of drug-likeness (QED) is 0.486. The zero-order chi connectivity index (χ0) is 24.6. The Balaban J connectivity index is 1.86. The molecule has 0 bridgehead atoms. The molecule has 2 aromatic heterocycles. The fraction of sp³-hybridized carbons (Fsp3) is 0.522. The van der Waals surface area contributed by atoms with Crippen molar-refractivity contribution in [3.8, 4) is 5.75 Å². The van der Waals surface area contributed by atoms with Crippen molar-refractivity contribution in [1.82, 2.24) is 18.7 Å². The number of benzene rings is 1. The van der Waals surface area contributed by atoms with Crippen molar-refractivity contribution in [3.05, 3.63) is 49.1 Å². The van der Waals surface area contributed by atoms with Gasteiger partial charge in [0.25, 0.3) is 5.56 Å². The van der Waals surface area contributed by atoms with Gasteiger partial charge < -0.3 is 10.1 Å². The number of ether oxygens (including phenoxy) is 1. The number of aryl methyl sites for hydroxylation is 1. The van der Waals surface area contributed by atoms with Gasteiger partial charge in [0.15, 0.2) is 11.2 Å². The summed E-state index contributed by atoms with van der Waals surface area (Å²) >= 11 is 3.49. The summed E-state index contributed by atoms with van der Waals surface area (Å²) < 4.78 is 37.9. The smallest absolute Gasteiger partial charge is 0.332 e. The second-order valence-electron chi connectivity index (χ2n) is 8.51. The summed E-state index contributed by atoms with van der Waals surface area (Å²) in [5.74, 6) is -1.58. The standard InChI is InChI=1S/C23H28BrF2N5O3/c1-4-29-19-18(20(32)30(5-2)22(29)33)31(13-14-6-7-17(34-3)16(24)12-14)21(28-19)27-15-8-10-23(25,26)11-9-15/h6-7,12,15H,4-5,8-11,13H2,1-3H3,(H,27,28). The van der Waals surface area contributed by atoms with Crippen LogP contribution < -0.4 is 21.3 Å². The molecule has 11 heteroatoms. The Hall–Kier alpha value is -2.69. The van der Waals surface area contributed by atoms with Crippen LogP contribution in [0.1, 0.15) is 45.1 Å². The number of aromatic nitrogens is 4. The minimum atomic E-state index is -2.65. The molecule has 8 nitrogen and oxygen atoms in total. The van der Waals surface area contributed by atoms with Crippen molar-refractivity contribution in [2.45, 2.75) is 71.1 Å². The maximum atomic E-state index is 13.7. The first-order valence-corrected chi connectivity index (χ1v) is 12.2. The number of fused-ring (bicyclic) bond motifs is 1. The summed E-state index contributed by atoms with van der Waals surface area (Å²) in [5, 5.41) is 3.29. The predicted octanol–water partition coefficient (Wildman–Crippen LogP) is 4.21. The molecule has 4 rings (SSSR count). The Labute approximate surface area is 203 Å². The monoisotopic (exact) mass is 539 g/mol. The molecule has 1 fully saturated rings. The summed E-state index contributed by atoms with van der Waals surface area (Å²) in [6.07, 6.45) is 0.200. The number of nitrogens with one attached hydrogen (secondary N) is 1. The van der Waals surface area contributed by atoms with Gasteiger partial charge in [-0.25, -0.2) is 13.6 Å². The Morgan fingerprint density at radius 2 is 1.82 bits per heavy atom. The number of nitrogens with zero attached hydrogens (tertiary/aromatic N) is 4. The molecule has 0 amide bonds. The van der Waals surface area contributed by atoms with Crippen molar-refractivity contribution >= 4 is 33.0 Å². The second-order valence-corrected chi connectivity index (χ2v) is 9.37. The number of anilines is 1. The first kappa shape index (κ1) is 24.4. The predicted molar refractivity (Wildman–Crippen MR) is 130 cm³/mol. The van der Waals surface area contributed by atoms with Gasteiger partial charge in [-0.05, 0) is 60.3 Å². The van der Waals surface area contributed by atoms with Crippen molar-refractivity contribution < 1.29 is 13.5 Å². The average Bonchev–Trinajstić information content (AvgIpc) is 3.13. The zero-order valence-electron chi connectivity index (χ0n) is 19.4. The van der Waals surface area contributed by atoms with Crippen LogP contribution in [0, 0.1) is 0 Å². The third-order valence-corrected chi connectivity index (χ3v) is 6.97. The molecule has 0 spiro atoms. The van der Waals surface area contributed by atoms with Crippen molar-refractivity contribution in [2.75, 3.05) is 12.4 Å². The fourth-order valence-electron chi connectivity index (χ4n) is 4.48. The van der Waals surface area contributed by atoms with Gasteiger partial charge in [0.2, 0.25) is 11.9 Å². The van der Waals surface area contributed by atoms with E-state index in [0.717, 1.165) is 10.0 Å². The third-order valence-electron chi connectivity index (χ3n) is 6.35. The molecule has 2 heterocycles. The van der Waals surface area contributed by atoms with Gasteiger partial charge in [0, 0.05) is 32.0 Å². The van der Waals surface area contributed by atoms with Crippen molar-refractivity contribution in [2.24, 2.45) is 0 Å². The van der Waals surface area contributed by atoms with Crippen molar-refractivity contribution in [1.29, 1.82) is 0 Å². The van der Waals surface area contributed by atoms with Crippen LogP contribution in [0.4, 0.5) is 14.7 Å². The summed E-state index contributed by atoms with van der Waals surface area (Å²) in [4.78, 5) is 30.9. The van der Waals surface area contributed by atoms with Crippen molar-refractivity contribution in [3.63, 3.8) is 0 Å². The highest BCUT2D eigenvalue weighted by Crippen LogP contribution is 2.34. The Morgan fingerprint density at radius 3 is 2.41 bits per heavy atom. The molecule has 1 aliphatic rings. The number of alkyl halides is 2. The van der Waals surface area contributed by atoms with Gasteiger partial charge in [0.1, 0.15) is 5.75 Å². The highest BCUT2D eigenvalue weighted by molar-refractivity contribution is 9.10. The van der Waals surface area contributed by atoms with E-state index in [2.05, 4.69) is 26.2 Å². The van der Waals surface area contributed by atoms with Gasteiger partial charge in [-0.2, -0.15) is 4.98 Å². The van der Waals surface area contributed by atoms with Crippen LogP contribution in [-0.4, -0.2) is 37.8 Å². The van der Waals surface area contributed by atoms with Crippen LogP contribution in [0.5, 0.6) is 5.75 Å². The molecule has 1 saturated carbocycles. The zero-order valence-corrected chi connectivity index (χ0v) is 21.0. The van der Waals surface area contributed by atoms with Crippen LogP contribution in [-0.2, 0) is 19.6 Å². The topological polar surface area (TPSA) is 83.1 Å². The lowest BCUT2D eigenvalue weighted by Gasteiger charge is -2.29. The van der Waals surface area contributed by atoms with Gasteiger partial charge in [0.05, 0.1) is 18.1 Å². The summed E-state index contributed by atoms with van der Waals surface area (Å²) in [6, 6.07) is 5.40. The van der Waals surface area contributed by atoms with Crippen LogP contribution >= 0.6 is 15.9 Å². The number of methoxy groups -OCH3 is 1. The largest absolute Gasteiger partial charge is 0.496 e. The number of hydrogen-bond donors (Lipinski definition) is 1.